The number of ether oxygens (including phenoxy) is 2. The van der Waals surface area contributed by atoms with Crippen molar-refractivity contribution in [3.05, 3.63) is 65.2 Å². The van der Waals surface area contributed by atoms with Gasteiger partial charge in [-0.05, 0) is 30.7 Å². The van der Waals surface area contributed by atoms with E-state index < -0.39 is 0 Å². The summed E-state index contributed by atoms with van der Waals surface area (Å²) in [4.78, 5) is 11.9. The van der Waals surface area contributed by atoms with Crippen LogP contribution in [0.3, 0.4) is 0 Å². The Morgan fingerprint density at radius 3 is 2.60 bits per heavy atom. The maximum atomic E-state index is 11.9. The summed E-state index contributed by atoms with van der Waals surface area (Å²) < 4.78 is 11.1. The summed E-state index contributed by atoms with van der Waals surface area (Å²) in [6.07, 6.45) is 0. The van der Waals surface area contributed by atoms with Crippen LogP contribution < -0.4 is 14.8 Å². The molecule has 0 aliphatic heterocycles. The van der Waals surface area contributed by atoms with Gasteiger partial charge in [-0.15, -0.1) is 10.2 Å². The molecule has 0 bridgehead atoms. The van der Waals surface area contributed by atoms with Gasteiger partial charge in [0.1, 0.15) is 18.1 Å². The zero-order valence-corrected chi connectivity index (χ0v) is 14.5. The third kappa shape index (κ3) is 5.02. The van der Waals surface area contributed by atoms with E-state index in [1.165, 1.54) is 11.3 Å². The highest BCUT2D eigenvalue weighted by Crippen LogP contribution is 2.20. The molecule has 0 spiro atoms. The topological polar surface area (TPSA) is 73.3 Å². The summed E-state index contributed by atoms with van der Waals surface area (Å²) in [6, 6.07) is 16.9. The quantitative estimate of drug-likeness (QED) is 0.703. The highest BCUT2D eigenvalue weighted by Gasteiger charge is 2.10. The van der Waals surface area contributed by atoms with E-state index >= 15 is 0 Å². The number of hydrogen-bond donors (Lipinski definition) is 1. The van der Waals surface area contributed by atoms with Gasteiger partial charge in [-0.25, -0.2) is 0 Å². The largest absolute Gasteiger partial charge is 0.486 e. The molecule has 0 radical (unpaired) electrons. The van der Waals surface area contributed by atoms with Crippen LogP contribution in [0, 0.1) is 6.92 Å². The molecule has 0 fully saturated rings. The number of para-hydroxylation sites is 2. The van der Waals surface area contributed by atoms with Crippen LogP contribution in [-0.2, 0) is 11.4 Å². The first-order valence-electron chi connectivity index (χ1n) is 7.69. The molecular formula is C18H17N3O3S. The number of nitrogens with zero attached hydrogens (tertiary/aromatic N) is 2. The SMILES string of the molecule is Cc1ccccc1OCc1nnc(NC(=O)COc2ccccc2)s1. The Balaban J connectivity index is 1.48. The minimum absolute atomic E-state index is 0.0847. The predicted molar refractivity (Wildman–Crippen MR) is 96.0 cm³/mol. The van der Waals surface area contributed by atoms with Gasteiger partial charge in [0.05, 0.1) is 0 Å². The van der Waals surface area contributed by atoms with Crippen LogP contribution in [0.15, 0.2) is 54.6 Å². The highest BCUT2D eigenvalue weighted by atomic mass is 32.1. The van der Waals surface area contributed by atoms with E-state index in [1.54, 1.807) is 12.1 Å². The molecule has 1 amide bonds. The van der Waals surface area contributed by atoms with Gasteiger partial charge in [0.15, 0.2) is 11.6 Å². The standard InChI is InChI=1S/C18H17N3O3S/c1-13-7-5-6-10-15(13)24-12-17-20-21-18(25-17)19-16(22)11-23-14-8-3-2-4-9-14/h2-10H,11-12H2,1H3,(H,19,21,22). The number of carbonyl (C=O) groups is 1. The molecule has 128 valence electrons. The number of hydrogen-bond acceptors (Lipinski definition) is 6. The molecule has 0 unspecified atom stereocenters. The van der Waals surface area contributed by atoms with Crippen molar-refractivity contribution >= 4 is 22.4 Å². The van der Waals surface area contributed by atoms with Crippen LogP contribution in [-0.4, -0.2) is 22.7 Å². The third-order valence-electron chi connectivity index (χ3n) is 3.27. The lowest BCUT2D eigenvalue weighted by Gasteiger charge is -2.06. The number of amides is 1. The van der Waals surface area contributed by atoms with Crippen molar-refractivity contribution < 1.29 is 14.3 Å². The van der Waals surface area contributed by atoms with Crippen LogP contribution in [0.2, 0.25) is 0 Å². The zero-order valence-electron chi connectivity index (χ0n) is 13.6. The van der Waals surface area contributed by atoms with Crippen molar-refractivity contribution in [1.29, 1.82) is 0 Å². The second-order valence-electron chi connectivity index (χ2n) is 5.21. The van der Waals surface area contributed by atoms with E-state index in [2.05, 4.69) is 15.5 Å². The van der Waals surface area contributed by atoms with E-state index in [0.717, 1.165) is 11.3 Å². The van der Waals surface area contributed by atoms with Gasteiger partial charge < -0.3 is 9.47 Å². The van der Waals surface area contributed by atoms with E-state index in [9.17, 15) is 4.79 Å². The number of carbonyl (C=O) groups excluding carboxylic acids is 1. The lowest BCUT2D eigenvalue weighted by molar-refractivity contribution is -0.118. The molecule has 1 aromatic heterocycles. The average Bonchev–Trinajstić information content (AvgIpc) is 3.07. The minimum atomic E-state index is -0.286. The molecule has 6 nitrogen and oxygen atoms in total. The van der Waals surface area contributed by atoms with Crippen molar-refractivity contribution in [1.82, 2.24) is 10.2 Å². The zero-order chi connectivity index (χ0) is 17.5. The number of nitrogens with one attached hydrogen (secondary N) is 1. The Morgan fingerprint density at radius 2 is 1.80 bits per heavy atom. The predicted octanol–water partition coefficient (Wildman–Crippen LogP) is 3.44. The molecule has 0 saturated heterocycles. The fourth-order valence-corrected chi connectivity index (χ4v) is 2.71. The maximum Gasteiger partial charge on any atom is 0.264 e. The van der Waals surface area contributed by atoms with Crippen molar-refractivity contribution in [2.75, 3.05) is 11.9 Å². The third-order valence-corrected chi connectivity index (χ3v) is 4.08. The smallest absolute Gasteiger partial charge is 0.264 e. The summed E-state index contributed by atoms with van der Waals surface area (Å²) in [5.74, 6) is 1.16. The highest BCUT2D eigenvalue weighted by molar-refractivity contribution is 7.15. The summed E-state index contributed by atoms with van der Waals surface area (Å²) in [5.41, 5.74) is 1.05. The van der Waals surface area contributed by atoms with Crippen LogP contribution in [0.25, 0.3) is 0 Å². The number of anilines is 1. The Morgan fingerprint density at radius 1 is 1.04 bits per heavy atom. The van der Waals surface area contributed by atoms with Crippen LogP contribution in [0.4, 0.5) is 5.13 Å². The second kappa shape index (κ2) is 8.25. The van der Waals surface area contributed by atoms with E-state index in [4.69, 9.17) is 9.47 Å². The first-order chi connectivity index (χ1) is 12.2. The van der Waals surface area contributed by atoms with Crippen molar-refractivity contribution in [3.8, 4) is 11.5 Å². The lowest BCUT2D eigenvalue weighted by Crippen LogP contribution is -2.20. The molecule has 0 atom stereocenters. The van der Waals surface area contributed by atoms with Gasteiger partial charge in [0.25, 0.3) is 5.91 Å². The molecule has 3 aromatic rings. The molecule has 0 aliphatic rings. The van der Waals surface area contributed by atoms with Gasteiger partial charge in [-0.2, -0.15) is 0 Å². The lowest BCUT2D eigenvalue weighted by atomic mass is 10.2. The Kier molecular flexibility index (Phi) is 5.58. The number of rotatable bonds is 7. The van der Waals surface area contributed by atoms with E-state index in [-0.39, 0.29) is 12.5 Å². The maximum absolute atomic E-state index is 11.9. The van der Waals surface area contributed by atoms with Crippen molar-refractivity contribution in [3.63, 3.8) is 0 Å². The van der Waals surface area contributed by atoms with Gasteiger partial charge in [0, 0.05) is 0 Å². The van der Waals surface area contributed by atoms with Crippen molar-refractivity contribution in [2.45, 2.75) is 13.5 Å². The average molecular weight is 355 g/mol. The molecular weight excluding hydrogens is 338 g/mol. The monoisotopic (exact) mass is 355 g/mol. The Hall–Kier alpha value is -2.93. The molecule has 1 N–H and O–H groups in total. The van der Waals surface area contributed by atoms with Gasteiger partial charge in [-0.1, -0.05) is 47.7 Å². The van der Waals surface area contributed by atoms with Gasteiger partial charge >= 0.3 is 0 Å². The number of aryl methyl sites for hydroxylation is 1. The molecule has 0 aliphatic carbocycles. The summed E-state index contributed by atoms with van der Waals surface area (Å²) in [6.45, 7) is 2.20. The second-order valence-corrected chi connectivity index (χ2v) is 6.27. The summed E-state index contributed by atoms with van der Waals surface area (Å²) >= 11 is 1.27. The first kappa shape index (κ1) is 16.9. The fourth-order valence-electron chi connectivity index (χ4n) is 2.04. The Bertz CT molecular complexity index is 836. The van der Waals surface area contributed by atoms with E-state index in [1.807, 2.05) is 49.4 Å². The van der Waals surface area contributed by atoms with Gasteiger partial charge in [0.2, 0.25) is 5.13 Å². The normalized spacial score (nSPS) is 10.3. The van der Waals surface area contributed by atoms with E-state index in [0.29, 0.717) is 22.5 Å². The molecule has 1 heterocycles. The van der Waals surface area contributed by atoms with Crippen molar-refractivity contribution in [2.24, 2.45) is 0 Å². The molecule has 7 heteroatoms. The first-order valence-corrected chi connectivity index (χ1v) is 8.51. The summed E-state index contributed by atoms with van der Waals surface area (Å²) in [5, 5.41) is 11.7. The minimum Gasteiger partial charge on any atom is -0.486 e. The van der Waals surface area contributed by atoms with Crippen LogP contribution in [0.1, 0.15) is 10.6 Å². The fraction of sp³-hybridized carbons (Fsp3) is 0.167. The Labute approximate surface area is 149 Å². The number of benzene rings is 2. The van der Waals surface area contributed by atoms with Gasteiger partial charge in [-0.3, -0.25) is 10.1 Å². The molecule has 25 heavy (non-hydrogen) atoms. The van der Waals surface area contributed by atoms with Crippen LogP contribution in [0.5, 0.6) is 11.5 Å². The summed E-state index contributed by atoms with van der Waals surface area (Å²) in [7, 11) is 0. The van der Waals surface area contributed by atoms with Crippen LogP contribution >= 0.6 is 11.3 Å². The molecule has 0 saturated carbocycles. The number of aromatic nitrogens is 2. The molecule has 2 aromatic carbocycles. The molecule has 3 rings (SSSR count).